The predicted octanol–water partition coefficient (Wildman–Crippen LogP) is 1.13. The number of benzene rings is 1. The van der Waals surface area contributed by atoms with E-state index in [1.807, 2.05) is 18.2 Å². The number of nitrogens with zero attached hydrogens (tertiary/aromatic N) is 3. The van der Waals surface area contributed by atoms with E-state index < -0.39 is 0 Å². The van der Waals surface area contributed by atoms with Gasteiger partial charge in [0, 0.05) is 32.1 Å². The summed E-state index contributed by atoms with van der Waals surface area (Å²) in [6.45, 7) is 2.05. The van der Waals surface area contributed by atoms with Gasteiger partial charge in [0.2, 0.25) is 5.91 Å². The second-order valence-electron chi connectivity index (χ2n) is 4.85. The molecule has 1 fully saturated rings. The molecule has 0 bridgehead atoms. The van der Waals surface area contributed by atoms with E-state index in [0.29, 0.717) is 19.5 Å². The minimum Gasteiger partial charge on any atom is -0.355 e. The second kappa shape index (κ2) is 5.83. The number of hydrogen-bond donors (Lipinski definition) is 1. The SMILES string of the molecule is O=C1CC(c2ccccc2)N(Cc2cnon2)CCN1. The molecule has 6 nitrogen and oxygen atoms in total. The van der Waals surface area contributed by atoms with Crippen LogP contribution in [0.25, 0.3) is 0 Å². The van der Waals surface area contributed by atoms with Crippen LogP contribution in [0.15, 0.2) is 41.2 Å². The van der Waals surface area contributed by atoms with Crippen molar-refractivity contribution in [1.29, 1.82) is 0 Å². The number of carbonyl (C=O) groups excluding carboxylic acids is 1. The highest BCUT2D eigenvalue weighted by Gasteiger charge is 2.26. The molecule has 0 aliphatic carbocycles. The first kappa shape index (κ1) is 12.8. The van der Waals surface area contributed by atoms with Crippen LogP contribution in [0.2, 0.25) is 0 Å². The summed E-state index contributed by atoms with van der Waals surface area (Å²) in [7, 11) is 0. The standard InChI is InChI=1S/C14H16N4O2/c19-14-8-13(11-4-2-1-3-5-11)18(7-6-15-14)10-12-9-16-20-17-12/h1-5,9,13H,6-8,10H2,(H,15,19). The highest BCUT2D eigenvalue weighted by atomic mass is 16.6. The zero-order valence-electron chi connectivity index (χ0n) is 11.0. The third kappa shape index (κ3) is 2.85. The molecule has 1 atom stereocenters. The maximum absolute atomic E-state index is 11.8. The fourth-order valence-electron chi connectivity index (χ4n) is 2.53. The number of nitrogens with one attached hydrogen (secondary N) is 1. The lowest BCUT2D eigenvalue weighted by molar-refractivity contribution is -0.121. The van der Waals surface area contributed by atoms with Crippen LogP contribution in [0.5, 0.6) is 0 Å². The van der Waals surface area contributed by atoms with E-state index in [1.54, 1.807) is 6.20 Å². The molecular formula is C14H16N4O2. The maximum atomic E-state index is 11.8. The Labute approximate surface area is 116 Å². The Morgan fingerprint density at radius 2 is 2.20 bits per heavy atom. The lowest BCUT2D eigenvalue weighted by Gasteiger charge is -2.28. The minimum atomic E-state index is 0.0513. The van der Waals surface area contributed by atoms with Crippen molar-refractivity contribution >= 4 is 5.91 Å². The van der Waals surface area contributed by atoms with Gasteiger partial charge >= 0.3 is 0 Å². The van der Waals surface area contributed by atoms with E-state index in [0.717, 1.165) is 17.8 Å². The van der Waals surface area contributed by atoms with Gasteiger partial charge in [-0.2, -0.15) is 0 Å². The molecule has 2 aromatic rings. The molecule has 6 heteroatoms. The van der Waals surface area contributed by atoms with Crippen LogP contribution in [-0.2, 0) is 11.3 Å². The first-order valence-corrected chi connectivity index (χ1v) is 6.65. The van der Waals surface area contributed by atoms with Crippen molar-refractivity contribution in [2.75, 3.05) is 13.1 Å². The van der Waals surface area contributed by atoms with Crippen LogP contribution >= 0.6 is 0 Å². The average molecular weight is 272 g/mol. The smallest absolute Gasteiger partial charge is 0.221 e. The highest BCUT2D eigenvalue weighted by Crippen LogP contribution is 2.26. The van der Waals surface area contributed by atoms with E-state index in [9.17, 15) is 4.79 Å². The number of amides is 1. The van der Waals surface area contributed by atoms with Gasteiger partial charge in [-0.25, -0.2) is 4.63 Å². The highest BCUT2D eigenvalue weighted by molar-refractivity contribution is 5.77. The van der Waals surface area contributed by atoms with E-state index in [-0.39, 0.29) is 11.9 Å². The molecule has 1 aromatic carbocycles. The molecule has 1 N–H and O–H groups in total. The first-order chi connectivity index (χ1) is 9.83. The summed E-state index contributed by atoms with van der Waals surface area (Å²) in [4.78, 5) is 14.1. The van der Waals surface area contributed by atoms with Gasteiger partial charge < -0.3 is 5.32 Å². The van der Waals surface area contributed by atoms with E-state index in [1.165, 1.54) is 0 Å². The zero-order chi connectivity index (χ0) is 13.8. The Morgan fingerprint density at radius 3 is 2.95 bits per heavy atom. The van der Waals surface area contributed by atoms with Gasteiger partial charge in [-0.05, 0) is 5.56 Å². The fourth-order valence-corrected chi connectivity index (χ4v) is 2.53. The second-order valence-corrected chi connectivity index (χ2v) is 4.85. The van der Waals surface area contributed by atoms with Crippen molar-refractivity contribution < 1.29 is 9.42 Å². The van der Waals surface area contributed by atoms with Gasteiger partial charge in [0.25, 0.3) is 0 Å². The molecule has 0 spiro atoms. The lowest BCUT2D eigenvalue weighted by atomic mass is 10.0. The molecule has 20 heavy (non-hydrogen) atoms. The molecular weight excluding hydrogens is 256 g/mol. The third-order valence-corrected chi connectivity index (χ3v) is 3.50. The Morgan fingerprint density at radius 1 is 1.35 bits per heavy atom. The molecule has 1 unspecified atom stereocenters. The summed E-state index contributed by atoms with van der Waals surface area (Å²) in [5, 5.41) is 10.4. The minimum absolute atomic E-state index is 0.0513. The summed E-state index contributed by atoms with van der Waals surface area (Å²) in [5.41, 5.74) is 1.92. The quantitative estimate of drug-likeness (QED) is 0.907. The van der Waals surface area contributed by atoms with Gasteiger partial charge in [0.1, 0.15) is 5.69 Å². The van der Waals surface area contributed by atoms with E-state index in [2.05, 4.69) is 37.3 Å². The molecule has 1 saturated heterocycles. The molecule has 0 radical (unpaired) electrons. The Bertz CT molecular complexity index is 556. The van der Waals surface area contributed by atoms with Crippen LogP contribution in [0.3, 0.4) is 0 Å². The number of carbonyl (C=O) groups is 1. The van der Waals surface area contributed by atoms with Crippen molar-refractivity contribution in [3.8, 4) is 0 Å². The van der Waals surface area contributed by atoms with E-state index in [4.69, 9.17) is 0 Å². The van der Waals surface area contributed by atoms with Gasteiger partial charge in [-0.3, -0.25) is 9.69 Å². The monoisotopic (exact) mass is 272 g/mol. The average Bonchev–Trinajstić information content (AvgIpc) is 2.91. The normalized spacial score (nSPS) is 20.4. The summed E-state index contributed by atoms with van der Waals surface area (Å²) >= 11 is 0. The number of hydrogen-bond acceptors (Lipinski definition) is 5. The van der Waals surface area contributed by atoms with Gasteiger partial charge in [-0.1, -0.05) is 40.6 Å². The Balaban J connectivity index is 1.85. The summed E-state index contributed by atoms with van der Waals surface area (Å²) in [5.74, 6) is 0.0830. The van der Waals surface area contributed by atoms with Crippen molar-refractivity contribution in [2.45, 2.75) is 19.0 Å². The number of aromatic nitrogens is 2. The Kier molecular flexibility index (Phi) is 3.73. The molecule has 1 aliphatic rings. The van der Waals surface area contributed by atoms with Crippen LogP contribution in [0.4, 0.5) is 0 Å². The summed E-state index contributed by atoms with van der Waals surface area (Å²) < 4.78 is 4.64. The van der Waals surface area contributed by atoms with Crippen molar-refractivity contribution in [3.63, 3.8) is 0 Å². The molecule has 1 aromatic heterocycles. The lowest BCUT2D eigenvalue weighted by Crippen LogP contribution is -2.30. The van der Waals surface area contributed by atoms with Crippen LogP contribution in [0.1, 0.15) is 23.7 Å². The molecule has 104 valence electrons. The fraction of sp³-hybridized carbons (Fsp3) is 0.357. The summed E-state index contributed by atoms with van der Waals surface area (Å²) in [6.07, 6.45) is 2.07. The first-order valence-electron chi connectivity index (χ1n) is 6.65. The van der Waals surface area contributed by atoms with Crippen LogP contribution in [-0.4, -0.2) is 34.2 Å². The largest absolute Gasteiger partial charge is 0.355 e. The molecule has 3 rings (SSSR count). The zero-order valence-corrected chi connectivity index (χ0v) is 11.0. The topological polar surface area (TPSA) is 71.3 Å². The maximum Gasteiger partial charge on any atom is 0.221 e. The molecule has 0 saturated carbocycles. The molecule has 1 amide bonds. The summed E-state index contributed by atoms with van der Waals surface area (Å²) in [6, 6.07) is 10.1. The Hall–Kier alpha value is -2.21. The van der Waals surface area contributed by atoms with Gasteiger partial charge in [0.15, 0.2) is 0 Å². The van der Waals surface area contributed by atoms with Crippen molar-refractivity contribution in [1.82, 2.24) is 20.5 Å². The van der Waals surface area contributed by atoms with E-state index >= 15 is 0 Å². The number of rotatable bonds is 3. The molecule has 1 aliphatic heterocycles. The van der Waals surface area contributed by atoms with Crippen molar-refractivity contribution in [3.05, 3.63) is 47.8 Å². The third-order valence-electron chi connectivity index (χ3n) is 3.50. The van der Waals surface area contributed by atoms with Crippen LogP contribution < -0.4 is 5.32 Å². The van der Waals surface area contributed by atoms with Crippen LogP contribution in [0, 0.1) is 0 Å². The van der Waals surface area contributed by atoms with Gasteiger partial charge in [-0.15, -0.1) is 0 Å². The predicted molar refractivity (Wildman–Crippen MR) is 71.5 cm³/mol. The van der Waals surface area contributed by atoms with Gasteiger partial charge in [0.05, 0.1) is 6.20 Å². The molecule has 2 heterocycles. The van der Waals surface area contributed by atoms with Crippen molar-refractivity contribution in [2.24, 2.45) is 0 Å².